The molecule has 21 heteroatoms. The molecule has 7 saturated heterocycles. The third kappa shape index (κ3) is 10.7. The van der Waals surface area contributed by atoms with Crippen molar-refractivity contribution in [3.05, 3.63) is 0 Å². The van der Waals surface area contributed by atoms with E-state index >= 15 is 0 Å². The maximum atomic E-state index is 13.4. The van der Waals surface area contributed by atoms with Gasteiger partial charge in [-0.05, 0) is 91.4 Å². The van der Waals surface area contributed by atoms with E-state index < -0.39 is 135 Å². The molecule has 436 valence electrons. The summed E-state index contributed by atoms with van der Waals surface area (Å²) in [7, 11) is 6.50. The first-order valence-corrected chi connectivity index (χ1v) is 28.5. The van der Waals surface area contributed by atoms with Crippen LogP contribution in [0.25, 0.3) is 0 Å². The van der Waals surface area contributed by atoms with Crippen LogP contribution in [-0.2, 0) is 80.6 Å². The Morgan fingerprint density at radius 1 is 0.539 bits per heavy atom. The van der Waals surface area contributed by atoms with Crippen molar-refractivity contribution in [3.63, 3.8) is 0 Å². The molecule has 0 aromatic heterocycles. The Kier molecular flexibility index (Phi) is 17.8. The lowest BCUT2D eigenvalue weighted by atomic mass is 9.52. The van der Waals surface area contributed by atoms with Crippen molar-refractivity contribution in [3.8, 4) is 0 Å². The second-order valence-electron chi connectivity index (χ2n) is 24.4. The van der Waals surface area contributed by atoms with Gasteiger partial charge in [-0.25, -0.2) is 0 Å². The normalized spacial score (nSPS) is 54.6. The van der Waals surface area contributed by atoms with Crippen LogP contribution in [-0.4, -0.2) is 214 Å². The SMILES string of the molecule is CO[C@H]1C[C@H](O[C@H]2CC[C@@]3(C)[C@@H](CC[C@@]45O[C@@H](C)[C@@H]6CCC(=O)[C@]6(C)[C@@H](C[C@@H]43)O5)C2)O[C@H](C)[C@H]1O[C@H]1C[C@H](OC)[C@H](O[C@H]2C[C@@H](OC)[C@H](O[C@H]3C[C@@H](OC)[C@H](O[C@@H]4O[C@H](CO)[C@@H](O)[C@H](O)[C@H]4O)[C@@H](C)O3)[C@@H](C)O2)[C@@H](C)O1. The van der Waals surface area contributed by atoms with Crippen LogP contribution in [0, 0.1) is 28.6 Å². The Morgan fingerprint density at radius 2 is 1.03 bits per heavy atom. The van der Waals surface area contributed by atoms with Gasteiger partial charge in [-0.3, -0.25) is 4.79 Å². The molecule has 10 fully saturated rings. The summed E-state index contributed by atoms with van der Waals surface area (Å²) >= 11 is 0. The second kappa shape index (κ2) is 23.3. The summed E-state index contributed by atoms with van der Waals surface area (Å²) < 4.78 is 102. The number of fused-ring (bicyclic) bond motifs is 5. The monoisotopic (exact) mass is 1090 g/mol. The lowest BCUT2D eigenvalue weighted by molar-refractivity contribution is -0.359. The fraction of sp³-hybridized carbons (Fsp3) is 0.982. The van der Waals surface area contributed by atoms with Crippen LogP contribution in [0.5, 0.6) is 0 Å². The molecule has 21 nitrogen and oxygen atoms in total. The van der Waals surface area contributed by atoms with Gasteiger partial charge in [-0.2, -0.15) is 0 Å². The maximum absolute atomic E-state index is 13.4. The molecule has 4 N–H and O–H groups in total. The molecule has 2 bridgehead atoms. The standard InChI is InChI=1S/C55H90O21/c1-25-32-12-13-39(57)54(32,7)40-23-38-53(6)16-15-31(18-30(53)14-17-55(38,75-25)76-40)69-41-19-33(61-8)48(26(2)65-41)71-42-20-34(62-9)49(27(3)66-42)72-43-21-35(63-10)50(28(4)67-43)73-44-22-36(64-11)51(29(5)68-44)74-52-47(60)46(59)45(58)37(24-56)70-52/h25-38,40-52,56,58-60H,12-24H2,1-11H3/t25-,26+,27+,28+,29+,30-,31-,32-,33-,34-,35+,36+,37+,38+,40+,41-,42-,43-,44-,45+,46-,47+,48+,49+,50+,51+,52-,53-,54+,55-/m0/s1. The van der Waals surface area contributed by atoms with Gasteiger partial charge in [-0.15, -0.1) is 0 Å². The first kappa shape index (κ1) is 58.1. The van der Waals surface area contributed by atoms with Gasteiger partial charge in [0.2, 0.25) is 0 Å². The highest BCUT2D eigenvalue weighted by Crippen LogP contribution is 2.67. The number of ether oxygens (including phenoxy) is 16. The minimum absolute atomic E-state index is 0.00865. The minimum atomic E-state index is -1.59. The number of carbonyl (C=O) groups excluding carboxylic acids is 1. The van der Waals surface area contributed by atoms with Gasteiger partial charge >= 0.3 is 0 Å². The second-order valence-corrected chi connectivity index (χ2v) is 24.4. The van der Waals surface area contributed by atoms with E-state index in [-0.39, 0.29) is 54.2 Å². The van der Waals surface area contributed by atoms with Crippen LogP contribution in [0.4, 0.5) is 0 Å². The summed E-state index contributed by atoms with van der Waals surface area (Å²) in [5, 5.41) is 40.8. The molecule has 0 radical (unpaired) electrons. The Hall–Kier alpha value is -1.13. The first-order chi connectivity index (χ1) is 36.3. The Balaban J connectivity index is 0.692. The third-order valence-corrected chi connectivity index (χ3v) is 20.2. The molecule has 0 unspecified atom stereocenters. The van der Waals surface area contributed by atoms with Gasteiger partial charge < -0.3 is 96.2 Å². The topological polar surface area (TPSA) is 246 Å². The van der Waals surface area contributed by atoms with E-state index in [0.717, 1.165) is 44.9 Å². The van der Waals surface area contributed by atoms with Crippen molar-refractivity contribution in [2.45, 2.75) is 279 Å². The molecule has 0 amide bonds. The Morgan fingerprint density at radius 3 is 1.51 bits per heavy atom. The highest BCUT2D eigenvalue weighted by Gasteiger charge is 2.70. The zero-order valence-corrected chi connectivity index (χ0v) is 46.5. The van der Waals surface area contributed by atoms with Crippen molar-refractivity contribution in [2.24, 2.45) is 28.6 Å². The molecule has 7 heterocycles. The minimum Gasteiger partial charge on any atom is -0.394 e. The number of aliphatic hydroxyl groups excluding tert-OH is 4. The number of aliphatic hydroxyl groups is 4. The van der Waals surface area contributed by atoms with Crippen LogP contribution in [0.2, 0.25) is 0 Å². The highest BCUT2D eigenvalue weighted by molar-refractivity contribution is 5.88. The summed E-state index contributed by atoms with van der Waals surface area (Å²) in [6.07, 6.45) is -7.00. The largest absolute Gasteiger partial charge is 0.394 e. The molecule has 0 aromatic rings. The lowest BCUT2D eigenvalue weighted by Gasteiger charge is -2.57. The first-order valence-electron chi connectivity index (χ1n) is 28.5. The van der Waals surface area contributed by atoms with Gasteiger partial charge in [0.15, 0.2) is 37.2 Å². The molecule has 10 rings (SSSR count). The number of hydrogen-bond donors (Lipinski definition) is 4. The van der Waals surface area contributed by atoms with Gasteiger partial charge in [0.1, 0.15) is 54.6 Å². The number of ketones is 1. The number of hydrogen-bond acceptors (Lipinski definition) is 21. The van der Waals surface area contributed by atoms with E-state index in [1.165, 1.54) is 7.11 Å². The Labute approximate surface area is 448 Å². The number of rotatable bonds is 15. The number of carbonyl (C=O) groups is 1. The predicted molar refractivity (Wildman–Crippen MR) is 264 cm³/mol. The van der Waals surface area contributed by atoms with Crippen molar-refractivity contribution in [1.29, 1.82) is 0 Å². The fourth-order valence-corrected chi connectivity index (χ4v) is 15.8. The summed E-state index contributed by atoms with van der Waals surface area (Å²) in [6, 6.07) is 0. The number of Topliss-reactive ketones (excluding diaryl/α,β-unsaturated/α-hetero) is 1. The summed E-state index contributed by atoms with van der Waals surface area (Å²) in [5.41, 5.74) is -0.454. The van der Waals surface area contributed by atoms with Crippen LogP contribution in [0.15, 0.2) is 0 Å². The zero-order valence-electron chi connectivity index (χ0n) is 46.5. The van der Waals surface area contributed by atoms with E-state index in [1.54, 1.807) is 28.3 Å². The third-order valence-electron chi connectivity index (χ3n) is 20.2. The molecule has 3 aliphatic carbocycles. The van der Waals surface area contributed by atoms with Crippen molar-refractivity contribution < 1.29 is 101 Å². The van der Waals surface area contributed by atoms with Gasteiger partial charge in [0.25, 0.3) is 0 Å². The smallest absolute Gasteiger partial charge is 0.187 e. The van der Waals surface area contributed by atoms with Gasteiger partial charge in [0.05, 0.1) is 79.2 Å². The van der Waals surface area contributed by atoms with E-state index in [2.05, 4.69) is 20.8 Å². The van der Waals surface area contributed by atoms with E-state index in [1.807, 2.05) is 20.8 Å². The van der Waals surface area contributed by atoms with Crippen LogP contribution >= 0.6 is 0 Å². The molecule has 76 heavy (non-hydrogen) atoms. The fourth-order valence-electron chi connectivity index (χ4n) is 15.8. The van der Waals surface area contributed by atoms with Crippen molar-refractivity contribution in [2.75, 3.05) is 35.0 Å². The van der Waals surface area contributed by atoms with Gasteiger partial charge in [-0.1, -0.05) is 6.92 Å². The van der Waals surface area contributed by atoms with Crippen LogP contribution in [0.3, 0.4) is 0 Å². The van der Waals surface area contributed by atoms with Gasteiger partial charge in [0, 0.05) is 78.8 Å². The van der Waals surface area contributed by atoms with E-state index in [9.17, 15) is 25.2 Å². The summed E-state index contributed by atoms with van der Waals surface area (Å²) in [5.74, 6) is 0.623. The molecular formula is C55H90O21. The summed E-state index contributed by atoms with van der Waals surface area (Å²) in [4.78, 5) is 13.4. The van der Waals surface area contributed by atoms with E-state index in [4.69, 9.17) is 75.8 Å². The highest BCUT2D eigenvalue weighted by atomic mass is 16.8. The molecule has 30 atom stereocenters. The molecule has 0 aromatic carbocycles. The van der Waals surface area contributed by atoms with E-state index in [0.29, 0.717) is 37.4 Å². The molecular weight excluding hydrogens is 997 g/mol. The molecule has 10 aliphatic rings. The number of methoxy groups -OCH3 is 4. The van der Waals surface area contributed by atoms with Crippen LogP contribution < -0.4 is 0 Å². The molecule has 7 aliphatic heterocycles. The Bertz CT molecular complexity index is 1950. The van der Waals surface area contributed by atoms with Crippen molar-refractivity contribution >= 4 is 5.78 Å². The van der Waals surface area contributed by atoms with Crippen molar-refractivity contribution in [1.82, 2.24) is 0 Å². The lowest BCUT2D eigenvalue weighted by Crippen LogP contribution is -2.62. The molecule has 1 spiro atoms. The average Bonchev–Trinajstić information content (AvgIpc) is 4.02. The predicted octanol–water partition coefficient (Wildman–Crippen LogP) is 3.42. The van der Waals surface area contributed by atoms with Crippen LogP contribution in [0.1, 0.15) is 126 Å². The maximum Gasteiger partial charge on any atom is 0.187 e. The zero-order chi connectivity index (χ0) is 54.2. The quantitative estimate of drug-likeness (QED) is 0.172. The summed E-state index contributed by atoms with van der Waals surface area (Å²) in [6.45, 7) is 13.8. The molecule has 3 saturated carbocycles. The average molecular weight is 1090 g/mol.